The predicted molar refractivity (Wildman–Crippen MR) is 150 cm³/mol. The number of thiazole rings is 1. The average molecular weight is 583 g/mol. The summed E-state index contributed by atoms with van der Waals surface area (Å²) in [5.74, 6) is 0.594. The van der Waals surface area contributed by atoms with E-state index in [4.69, 9.17) is 18.9 Å². The molecule has 0 spiro atoms. The molecule has 4 rings (SSSR count). The molecule has 40 heavy (non-hydrogen) atoms. The Morgan fingerprint density at radius 3 is 2.25 bits per heavy atom. The van der Waals surface area contributed by atoms with Gasteiger partial charge in [0.25, 0.3) is 5.91 Å². The van der Waals surface area contributed by atoms with Crippen molar-refractivity contribution in [3.63, 3.8) is 0 Å². The Morgan fingerprint density at radius 1 is 0.875 bits per heavy atom. The number of benzene rings is 3. The van der Waals surface area contributed by atoms with Crippen LogP contribution in [0.25, 0.3) is 0 Å². The first-order valence-electron chi connectivity index (χ1n) is 11.9. The van der Waals surface area contributed by atoms with Gasteiger partial charge in [0, 0.05) is 17.9 Å². The first kappa shape index (κ1) is 28.6. The summed E-state index contributed by atoms with van der Waals surface area (Å²) in [4.78, 5) is 29.2. The van der Waals surface area contributed by atoms with Gasteiger partial charge in [0.15, 0.2) is 15.0 Å². The highest BCUT2D eigenvalue weighted by atomic mass is 32.2. The number of amides is 1. The predicted octanol–water partition coefficient (Wildman–Crippen LogP) is 5.96. The molecule has 1 N–H and O–H groups in total. The molecule has 0 unspecified atom stereocenters. The molecule has 0 atom stereocenters. The number of nitrogens with zero attached hydrogens (tertiary/aromatic N) is 1. The summed E-state index contributed by atoms with van der Waals surface area (Å²) in [5.41, 5.74) is 0.593. The van der Waals surface area contributed by atoms with Crippen LogP contribution in [0.3, 0.4) is 0 Å². The molecule has 1 aromatic heterocycles. The Balaban J connectivity index is 1.50. The quantitative estimate of drug-likeness (QED) is 0.225. The second-order valence-electron chi connectivity index (χ2n) is 8.77. The highest BCUT2D eigenvalue weighted by Crippen LogP contribution is 2.32. The van der Waals surface area contributed by atoms with Gasteiger partial charge in [-0.1, -0.05) is 17.4 Å². The fourth-order valence-electron chi connectivity index (χ4n) is 3.45. The monoisotopic (exact) mass is 582 g/mol. The van der Waals surface area contributed by atoms with Crippen LogP contribution >= 0.6 is 11.3 Å². The molecule has 0 saturated carbocycles. The summed E-state index contributed by atoms with van der Waals surface area (Å²) in [5, 5.41) is 3.42. The molecule has 0 aliphatic rings. The van der Waals surface area contributed by atoms with Crippen LogP contribution in [-0.4, -0.2) is 44.7 Å². The van der Waals surface area contributed by atoms with Crippen LogP contribution in [0.15, 0.2) is 77.8 Å². The van der Waals surface area contributed by atoms with E-state index in [1.165, 1.54) is 43.6 Å². The first-order chi connectivity index (χ1) is 19.0. The minimum Gasteiger partial charge on any atom is -0.491 e. The van der Waals surface area contributed by atoms with Crippen LogP contribution in [0.4, 0.5) is 5.13 Å². The largest absolute Gasteiger partial charge is 0.491 e. The number of hydrogen-bond acceptors (Lipinski definition) is 10. The van der Waals surface area contributed by atoms with Crippen molar-refractivity contribution in [2.75, 3.05) is 18.7 Å². The van der Waals surface area contributed by atoms with Crippen molar-refractivity contribution in [1.29, 1.82) is 0 Å². The maximum Gasteiger partial charge on any atom is 0.337 e. The number of nitrogens with one attached hydrogen (secondary N) is 1. The molecular formula is C28H26N2O8S2. The van der Waals surface area contributed by atoms with Crippen LogP contribution in [0.5, 0.6) is 28.1 Å². The van der Waals surface area contributed by atoms with Crippen molar-refractivity contribution in [2.45, 2.75) is 24.8 Å². The van der Waals surface area contributed by atoms with Crippen molar-refractivity contribution in [3.05, 3.63) is 84.1 Å². The van der Waals surface area contributed by atoms with E-state index in [0.29, 0.717) is 33.6 Å². The molecule has 0 bridgehead atoms. The van der Waals surface area contributed by atoms with Crippen molar-refractivity contribution in [2.24, 2.45) is 0 Å². The van der Waals surface area contributed by atoms with Gasteiger partial charge in [-0.3, -0.25) is 10.1 Å². The van der Waals surface area contributed by atoms with Gasteiger partial charge in [-0.15, -0.1) is 0 Å². The number of anilines is 1. The van der Waals surface area contributed by atoms with Crippen molar-refractivity contribution in [1.82, 2.24) is 4.98 Å². The molecule has 0 saturated heterocycles. The van der Waals surface area contributed by atoms with E-state index in [9.17, 15) is 18.0 Å². The van der Waals surface area contributed by atoms with Crippen molar-refractivity contribution in [3.8, 4) is 28.1 Å². The molecule has 0 fully saturated rings. The molecule has 1 heterocycles. The lowest BCUT2D eigenvalue weighted by Gasteiger charge is -2.14. The lowest BCUT2D eigenvalue weighted by atomic mass is 10.2. The van der Waals surface area contributed by atoms with Gasteiger partial charge in [-0.2, -0.15) is 0 Å². The maximum atomic E-state index is 13.1. The first-order valence-corrected chi connectivity index (χ1v) is 14.6. The molecule has 0 radical (unpaired) electrons. The van der Waals surface area contributed by atoms with Gasteiger partial charge in [-0.25, -0.2) is 18.2 Å². The van der Waals surface area contributed by atoms with Gasteiger partial charge in [-0.05, 0) is 68.4 Å². The SMILES string of the molecule is COC(=O)c1cccc(Oc2cnc(NC(=O)c3cc(Oc4ccc(S(C)(=O)=O)cc4)cc(OC(C)C)c3)s2)c1. The van der Waals surface area contributed by atoms with Gasteiger partial charge < -0.3 is 18.9 Å². The van der Waals surface area contributed by atoms with Crippen molar-refractivity contribution >= 4 is 38.2 Å². The molecule has 10 nitrogen and oxygen atoms in total. The summed E-state index contributed by atoms with van der Waals surface area (Å²) in [6.45, 7) is 3.71. The standard InChI is InChI=1S/C28H26N2O8S2/c1-17(2)36-22-13-19(14-23(15-22)37-20-8-10-24(11-9-20)40(4,33)34)26(31)30-28-29-16-25(39-28)38-21-7-5-6-18(12-21)27(32)35-3/h5-17H,1-4H3,(H,29,30,31). The van der Waals surface area contributed by atoms with Crippen LogP contribution < -0.4 is 19.5 Å². The fraction of sp³-hybridized carbons (Fsp3) is 0.179. The van der Waals surface area contributed by atoms with Crippen LogP contribution in [0.1, 0.15) is 34.6 Å². The number of aromatic nitrogens is 1. The second kappa shape index (κ2) is 12.2. The number of methoxy groups -OCH3 is 1. The van der Waals surface area contributed by atoms with E-state index >= 15 is 0 Å². The highest BCUT2D eigenvalue weighted by molar-refractivity contribution is 7.90. The number of ether oxygens (including phenoxy) is 4. The van der Waals surface area contributed by atoms with Gasteiger partial charge >= 0.3 is 5.97 Å². The highest BCUT2D eigenvalue weighted by Gasteiger charge is 2.15. The minimum absolute atomic E-state index is 0.156. The Kier molecular flexibility index (Phi) is 8.70. The lowest BCUT2D eigenvalue weighted by molar-refractivity contribution is 0.0600. The molecule has 0 aliphatic carbocycles. The molecule has 1 amide bonds. The second-order valence-corrected chi connectivity index (χ2v) is 11.8. The Hall–Kier alpha value is -4.42. The maximum absolute atomic E-state index is 13.1. The van der Waals surface area contributed by atoms with Crippen LogP contribution in [0, 0.1) is 0 Å². The summed E-state index contributed by atoms with van der Waals surface area (Å²) in [7, 11) is -2.05. The summed E-state index contributed by atoms with van der Waals surface area (Å²) >= 11 is 1.10. The molecule has 3 aromatic carbocycles. The Bertz CT molecular complexity index is 1630. The fourth-order valence-corrected chi connectivity index (χ4v) is 4.76. The normalized spacial score (nSPS) is 11.1. The number of esters is 1. The average Bonchev–Trinajstić information content (AvgIpc) is 3.34. The molecule has 0 aliphatic heterocycles. The zero-order valence-corrected chi connectivity index (χ0v) is 23.7. The topological polar surface area (TPSA) is 130 Å². The third-order valence-corrected chi connectivity index (χ3v) is 7.10. The third-order valence-electron chi connectivity index (χ3n) is 5.18. The lowest BCUT2D eigenvalue weighted by Crippen LogP contribution is -2.13. The Morgan fingerprint density at radius 2 is 1.57 bits per heavy atom. The molecule has 4 aromatic rings. The smallest absolute Gasteiger partial charge is 0.337 e. The van der Waals surface area contributed by atoms with Crippen LogP contribution in [-0.2, 0) is 14.6 Å². The van der Waals surface area contributed by atoms with E-state index in [0.717, 1.165) is 17.6 Å². The van der Waals surface area contributed by atoms with Crippen LogP contribution in [0.2, 0.25) is 0 Å². The summed E-state index contributed by atoms with van der Waals surface area (Å²) < 4.78 is 45.7. The zero-order chi connectivity index (χ0) is 28.9. The zero-order valence-electron chi connectivity index (χ0n) is 22.0. The third kappa shape index (κ3) is 7.58. The summed E-state index contributed by atoms with van der Waals surface area (Å²) in [6.07, 6.45) is 2.43. The summed E-state index contributed by atoms with van der Waals surface area (Å²) in [6, 6.07) is 17.2. The number of carbonyl (C=O) groups excluding carboxylic acids is 2. The van der Waals surface area contributed by atoms with E-state index in [2.05, 4.69) is 10.3 Å². The van der Waals surface area contributed by atoms with Gasteiger partial charge in [0.2, 0.25) is 5.06 Å². The van der Waals surface area contributed by atoms with Crippen molar-refractivity contribution < 1.29 is 37.0 Å². The molecule has 12 heteroatoms. The minimum atomic E-state index is -3.34. The van der Waals surface area contributed by atoms with Gasteiger partial charge in [0.1, 0.15) is 23.0 Å². The number of rotatable bonds is 10. The van der Waals surface area contributed by atoms with E-state index in [-0.39, 0.29) is 21.7 Å². The number of carbonyl (C=O) groups is 2. The Labute approximate surface area is 235 Å². The van der Waals surface area contributed by atoms with E-state index < -0.39 is 21.7 Å². The van der Waals surface area contributed by atoms with Gasteiger partial charge in [0.05, 0.1) is 29.9 Å². The number of sulfone groups is 1. The van der Waals surface area contributed by atoms with E-state index in [1.807, 2.05) is 13.8 Å². The molecule has 208 valence electrons. The molecular weight excluding hydrogens is 556 g/mol. The van der Waals surface area contributed by atoms with E-state index in [1.54, 1.807) is 36.4 Å². The number of hydrogen-bond donors (Lipinski definition) is 1.